The van der Waals surface area contributed by atoms with E-state index in [4.69, 9.17) is 0 Å². The van der Waals surface area contributed by atoms with Gasteiger partial charge in [0.15, 0.2) is 5.78 Å². The fraction of sp³-hybridized carbons (Fsp3) is 0.429. The summed E-state index contributed by atoms with van der Waals surface area (Å²) in [5.41, 5.74) is 0. The maximum absolute atomic E-state index is 10.7. The van der Waals surface area contributed by atoms with Crippen molar-refractivity contribution in [1.29, 1.82) is 0 Å². The van der Waals surface area contributed by atoms with Gasteiger partial charge in [-0.2, -0.15) is 0 Å². The third-order valence-electron chi connectivity index (χ3n) is 1.03. The quantitative estimate of drug-likeness (QED) is 0.150. The zero-order valence-electron chi connectivity index (χ0n) is 7.83. The number of carbonyl (C=O) groups is 2. The van der Waals surface area contributed by atoms with Crippen LogP contribution in [0.25, 0.3) is 0 Å². The summed E-state index contributed by atoms with van der Waals surface area (Å²) in [6, 6.07) is 0. The topological polar surface area (TPSA) is 75.7 Å². The molecule has 0 spiro atoms. The standard InChI is InChI=1S/C7H10O5.Na/c1-11-6(9)3-5(8)4-7(10)12-2;/h3,9H,4H2,1-2H3;/q;+1/p-1. The minimum atomic E-state index is -0.774. The van der Waals surface area contributed by atoms with Crippen LogP contribution in [0.4, 0.5) is 0 Å². The minimum absolute atomic E-state index is 0. The van der Waals surface area contributed by atoms with E-state index in [1.54, 1.807) is 0 Å². The Morgan fingerprint density at radius 2 is 1.85 bits per heavy atom. The van der Waals surface area contributed by atoms with E-state index in [1.165, 1.54) is 0 Å². The van der Waals surface area contributed by atoms with Crippen molar-refractivity contribution in [3.05, 3.63) is 12.0 Å². The molecular formula is C7H9NaO5. The minimum Gasteiger partial charge on any atom is -0.616 e. The van der Waals surface area contributed by atoms with Gasteiger partial charge in [-0.05, 0) is 7.11 Å². The number of esters is 1. The molecule has 0 rings (SSSR count). The average Bonchev–Trinajstić information content (AvgIpc) is 2.03. The first-order valence-corrected chi connectivity index (χ1v) is 3.12. The van der Waals surface area contributed by atoms with E-state index in [9.17, 15) is 14.7 Å². The van der Waals surface area contributed by atoms with Gasteiger partial charge in [0.05, 0.1) is 13.1 Å². The summed E-state index contributed by atoms with van der Waals surface area (Å²) in [6.07, 6.45) is 0.266. The van der Waals surface area contributed by atoms with E-state index in [1.807, 2.05) is 0 Å². The molecule has 0 aromatic carbocycles. The molecule has 0 fully saturated rings. The molecule has 0 atom stereocenters. The molecule has 0 heterocycles. The van der Waals surface area contributed by atoms with Crippen LogP contribution in [0.3, 0.4) is 0 Å². The van der Waals surface area contributed by atoms with Crippen LogP contribution in [-0.4, -0.2) is 26.0 Å². The van der Waals surface area contributed by atoms with Crippen LogP contribution >= 0.6 is 0 Å². The van der Waals surface area contributed by atoms with Crippen LogP contribution in [0.5, 0.6) is 0 Å². The van der Waals surface area contributed by atoms with Gasteiger partial charge in [-0.3, -0.25) is 9.59 Å². The van der Waals surface area contributed by atoms with Crippen LogP contribution in [0.2, 0.25) is 0 Å². The van der Waals surface area contributed by atoms with Crippen molar-refractivity contribution in [1.82, 2.24) is 0 Å². The first kappa shape index (κ1) is 15.0. The van der Waals surface area contributed by atoms with Gasteiger partial charge in [-0.15, -0.1) is 0 Å². The zero-order valence-corrected chi connectivity index (χ0v) is 9.83. The largest absolute Gasteiger partial charge is 1.00 e. The van der Waals surface area contributed by atoms with Crippen molar-refractivity contribution in [2.24, 2.45) is 0 Å². The zero-order chi connectivity index (χ0) is 9.56. The second kappa shape index (κ2) is 8.10. The van der Waals surface area contributed by atoms with Crippen LogP contribution < -0.4 is 34.7 Å². The van der Waals surface area contributed by atoms with Gasteiger partial charge < -0.3 is 14.6 Å². The van der Waals surface area contributed by atoms with E-state index < -0.39 is 24.1 Å². The van der Waals surface area contributed by atoms with Gasteiger partial charge >= 0.3 is 35.5 Å². The first-order valence-electron chi connectivity index (χ1n) is 3.12. The number of ketones is 1. The Bertz CT molecular complexity index is 211. The van der Waals surface area contributed by atoms with Gasteiger partial charge in [0, 0.05) is 6.08 Å². The fourth-order valence-electron chi connectivity index (χ4n) is 0.456. The molecule has 0 aliphatic heterocycles. The van der Waals surface area contributed by atoms with Crippen molar-refractivity contribution in [2.75, 3.05) is 14.2 Å². The molecule has 0 aromatic rings. The average molecular weight is 196 g/mol. The van der Waals surface area contributed by atoms with Crippen molar-refractivity contribution < 1.29 is 53.7 Å². The summed E-state index contributed by atoms with van der Waals surface area (Å²) in [5.74, 6) is -2.09. The van der Waals surface area contributed by atoms with Crippen molar-refractivity contribution >= 4 is 11.8 Å². The Hall–Kier alpha value is -0.520. The van der Waals surface area contributed by atoms with E-state index in [-0.39, 0.29) is 29.6 Å². The van der Waals surface area contributed by atoms with E-state index >= 15 is 0 Å². The molecule has 13 heavy (non-hydrogen) atoms. The smallest absolute Gasteiger partial charge is 0.616 e. The Kier molecular flexibility index (Phi) is 9.33. The molecule has 0 unspecified atom stereocenters. The Morgan fingerprint density at radius 1 is 1.31 bits per heavy atom. The molecular weight excluding hydrogens is 187 g/mol. The number of carbonyl (C=O) groups excluding carboxylic acids is 2. The Morgan fingerprint density at radius 3 is 2.23 bits per heavy atom. The Balaban J connectivity index is 0. The van der Waals surface area contributed by atoms with Gasteiger partial charge in [-0.25, -0.2) is 0 Å². The van der Waals surface area contributed by atoms with Crippen molar-refractivity contribution in [2.45, 2.75) is 6.42 Å². The molecule has 5 nitrogen and oxygen atoms in total. The molecule has 68 valence electrons. The van der Waals surface area contributed by atoms with Crippen molar-refractivity contribution in [3.8, 4) is 0 Å². The predicted molar refractivity (Wildman–Crippen MR) is 36.7 cm³/mol. The second-order valence-electron chi connectivity index (χ2n) is 1.89. The number of allylic oxidation sites excluding steroid dienone is 1. The van der Waals surface area contributed by atoms with Crippen molar-refractivity contribution in [3.63, 3.8) is 0 Å². The summed E-state index contributed by atoms with van der Waals surface area (Å²) < 4.78 is 8.37. The van der Waals surface area contributed by atoms with Crippen LogP contribution in [0, 0.1) is 0 Å². The SMILES string of the molecule is COC(=O)CC(=O)C=C([O-])OC.[Na+]. The normalized spacial score (nSPS) is 9.85. The maximum Gasteiger partial charge on any atom is 1.00 e. The third-order valence-corrected chi connectivity index (χ3v) is 1.03. The predicted octanol–water partition coefficient (Wildman–Crippen LogP) is -4.03. The molecule has 0 radical (unpaired) electrons. The van der Waals surface area contributed by atoms with Gasteiger partial charge in [-0.1, -0.05) is 0 Å². The summed E-state index contributed by atoms with van der Waals surface area (Å²) in [4.78, 5) is 21.2. The number of ether oxygens (including phenoxy) is 2. The molecule has 0 N–H and O–H groups in total. The van der Waals surface area contributed by atoms with E-state index in [0.717, 1.165) is 14.2 Å². The summed E-state index contributed by atoms with van der Waals surface area (Å²) in [6.45, 7) is 0. The summed E-state index contributed by atoms with van der Waals surface area (Å²) in [5, 5.41) is 10.4. The third kappa shape index (κ3) is 7.83. The molecule has 0 aliphatic rings. The monoisotopic (exact) mass is 196 g/mol. The first-order chi connectivity index (χ1) is 5.60. The molecule has 0 saturated heterocycles. The van der Waals surface area contributed by atoms with Gasteiger partial charge in [0.25, 0.3) is 0 Å². The number of hydrogen-bond donors (Lipinski definition) is 0. The van der Waals surface area contributed by atoms with Crippen LogP contribution in [0.15, 0.2) is 12.0 Å². The molecule has 0 saturated carbocycles. The molecule has 0 aromatic heterocycles. The fourth-order valence-corrected chi connectivity index (χ4v) is 0.456. The molecule has 6 heteroatoms. The number of hydrogen-bond acceptors (Lipinski definition) is 5. The second-order valence-corrected chi connectivity index (χ2v) is 1.89. The number of rotatable bonds is 4. The van der Waals surface area contributed by atoms with Crippen LogP contribution in [-0.2, 0) is 19.1 Å². The molecule has 0 bridgehead atoms. The summed E-state index contributed by atoms with van der Waals surface area (Å²) in [7, 11) is 2.30. The van der Waals surface area contributed by atoms with E-state index in [2.05, 4.69) is 9.47 Å². The maximum atomic E-state index is 10.7. The van der Waals surface area contributed by atoms with E-state index in [0.29, 0.717) is 6.08 Å². The number of methoxy groups -OCH3 is 2. The molecule has 0 aliphatic carbocycles. The summed E-state index contributed by atoms with van der Waals surface area (Å²) >= 11 is 0. The van der Waals surface area contributed by atoms with Crippen LogP contribution in [0.1, 0.15) is 6.42 Å². The van der Waals surface area contributed by atoms with Gasteiger partial charge in [0.1, 0.15) is 6.42 Å². The molecule has 0 amide bonds. The Labute approximate surface area is 98.0 Å². The van der Waals surface area contributed by atoms with Gasteiger partial charge in [0.2, 0.25) is 0 Å².